The van der Waals surface area contributed by atoms with Crippen molar-refractivity contribution in [1.29, 1.82) is 0 Å². The molecule has 2 saturated heterocycles. The van der Waals surface area contributed by atoms with E-state index in [2.05, 4.69) is 39.5 Å². The van der Waals surface area contributed by atoms with Gasteiger partial charge in [0.1, 0.15) is 5.82 Å². The normalized spacial score (nSPS) is 18.9. The van der Waals surface area contributed by atoms with E-state index in [-0.39, 0.29) is 0 Å². The molecule has 0 unspecified atom stereocenters. The molecule has 3 aromatic rings. The molecule has 2 aliphatic heterocycles. The molecule has 29 heavy (non-hydrogen) atoms. The summed E-state index contributed by atoms with van der Waals surface area (Å²) in [7, 11) is 0. The molecule has 0 amide bonds. The number of aromatic nitrogens is 3. The molecule has 2 aliphatic rings. The van der Waals surface area contributed by atoms with Crippen molar-refractivity contribution < 1.29 is 9.47 Å². The maximum atomic E-state index is 5.44. The number of morpholine rings is 1. The van der Waals surface area contributed by atoms with Crippen molar-refractivity contribution >= 4 is 11.5 Å². The van der Waals surface area contributed by atoms with Crippen molar-refractivity contribution in [3.8, 4) is 11.3 Å². The van der Waals surface area contributed by atoms with Crippen molar-refractivity contribution in [3.05, 3.63) is 48.2 Å². The lowest BCUT2D eigenvalue weighted by atomic mass is 10.1. The molecule has 2 aromatic heterocycles. The first-order valence-electron chi connectivity index (χ1n) is 10.4. The van der Waals surface area contributed by atoms with Crippen LogP contribution in [0.1, 0.15) is 18.4 Å². The van der Waals surface area contributed by atoms with Gasteiger partial charge in [0, 0.05) is 44.5 Å². The third-order valence-corrected chi connectivity index (χ3v) is 5.70. The van der Waals surface area contributed by atoms with Crippen LogP contribution in [0.25, 0.3) is 16.9 Å². The van der Waals surface area contributed by atoms with Crippen molar-refractivity contribution in [3.63, 3.8) is 0 Å². The van der Waals surface area contributed by atoms with Gasteiger partial charge in [0.15, 0.2) is 5.65 Å². The Morgan fingerprint density at radius 1 is 0.931 bits per heavy atom. The van der Waals surface area contributed by atoms with Crippen LogP contribution in [0.15, 0.2) is 42.6 Å². The van der Waals surface area contributed by atoms with Gasteiger partial charge in [-0.05, 0) is 30.5 Å². The summed E-state index contributed by atoms with van der Waals surface area (Å²) in [6, 6.07) is 13.2. The second-order valence-electron chi connectivity index (χ2n) is 7.75. The Labute approximate surface area is 170 Å². The lowest BCUT2D eigenvalue weighted by molar-refractivity contribution is 0.0342. The van der Waals surface area contributed by atoms with Gasteiger partial charge in [-0.25, -0.2) is 9.50 Å². The molecule has 7 nitrogen and oxygen atoms in total. The van der Waals surface area contributed by atoms with Crippen LogP contribution in [0.2, 0.25) is 0 Å². The monoisotopic (exact) mass is 393 g/mol. The third-order valence-electron chi connectivity index (χ3n) is 5.70. The van der Waals surface area contributed by atoms with Crippen molar-refractivity contribution in [1.82, 2.24) is 19.5 Å². The standard InChI is InChI=1S/C22H27N5O2/c1-3-18(4-2-17(1)16-26-9-13-29-14-10-26)20-15-23-22-6-5-21(25-27(20)22)24-19-7-11-28-12-8-19/h1-6,15,19H,7-14,16H2,(H,24,25). The number of anilines is 1. The Morgan fingerprint density at radius 3 is 2.48 bits per heavy atom. The first kappa shape index (κ1) is 18.5. The van der Waals surface area contributed by atoms with Gasteiger partial charge in [-0.15, -0.1) is 5.10 Å². The number of benzene rings is 1. The van der Waals surface area contributed by atoms with Gasteiger partial charge in [-0.1, -0.05) is 24.3 Å². The zero-order chi connectivity index (χ0) is 19.5. The zero-order valence-electron chi connectivity index (χ0n) is 16.6. The minimum absolute atomic E-state index is 0.417. The molecular formula is C22H27N5O2. The Morgan fingerprint density at radius 2 is 1.69 bits per heavy atom. The van der Waals surface area contributed by atoms with Crippen LogP contribution in [0.5, 0.6) is 0 Å². The molecule has 0 atom stereocenters. The Hall–Kier alpha value is -2.48. The summed E-state index contributed by atoms with van der Waals surface area (Å²) in [4.78, 5) is 6.96. The average molecular weight is 393 g/mol. The van der Waals surface area contributed by atoms with Gasteiger partial charge in [-0.3, -0.25) is 4.90 Å². The van der Waals surface area contributed by atoms with Crippen molar-refractivity contribution in [2.45, 2.75) is 25.4 Å². The van der Waals surface area contributed by atoms with Crippen LogP contribution in [-0.4, -0.2) is 65.1 Å². The van der Waals surface area contributed by atoms with Crippen LogP contribution in [0.3, 0.4) is 0 Å². The van der Waals surface area contributed by atoms with E-state index < -0.39 is 0 Å². The summed E-state index contributed by atoms with van der Waals surface area (Å²) in [6.45, 7) is 6.25. The minimum Gasteiger partial charge on any atom is -0.381 e. The van der Waals surface area contributed by atoms with Crippen LogP contribution in [0, 0.1) is 0 Å². The van der Waals surface area contributed by atoms with E-state index in [4.69, 9.17) is 14.6 Å². The summed E-state index contributed by atoms with van der Waals surface area (Å²) in [6.07, 6.45) is 3.93. The molecule has 5 rings (SSSR count). The number of nitrogens with zero attached hydrogens (tertiary/aromatic N) is 4. The minimum atomic E-state index is 0.417. The Bertz CT molecular complexity index is 943. The number of rotatable bonds is 5. The maximum absolute atomic E-state index is 5.44. The summed E-state index contributed by atoms with van der Waals surface area (Å²) >= 11 is 0. The molecule has 152 valence electrons. The molecule has 0 saturated carbocycles. The highest BCUT2D eigenvalue weighted by Gasteiger charge is 2.15. The van der Waals surface area contributed by atoms with Crippen LogP contribution >= 0.6 is 0 Å². The maximum Gasteiger partial charge on any atom is 0.154 e. The van der Waals surface area contributed by atoms with E-state index >= 15 is 0 Å². The second kappa shape index (κ2) is 8.49. The quantitative estimate of drug-likeness (QED) is 0.719. The topological polar surface area (TPSA) is 63.9 Å². The molecule has 0 aliphatic carbocycles. The van der Waals surface area contributed by atoms with Gasteiger partial charge in [0.25, 0.3) is 0 Å². The van der Waals surface area contributed by atoms with Crippen molar-refractivity contribution in [2.24, 2.45) is 0 Å². The molecule has 2 fully saturated rings. The number of ether oxygens (including phenoxy) is 2. The Balaban J connectivity index is 1.34. The average Bonchev–Trinajstić information content (AvgIpc) is 3.19. The van der Waals surface area contributed by atoms with Crippen LogP contribution in [-0.2, 0) is 16.0 Å². The fourth-order valence-corrected chi connectivity index (χ4v) is 4.00. The molecule has 7 heteroatoms. The van der Waals surface area contributed by atoms with E-state index in [1.54, 1.807) is 0 Å². The number of imidazole rings is 1. The van der Waals surface area contributed by atoms with Crippen molar-refractivity contribution in [2.75, 3.05) is 44.8 Å². The number of fused-ring (bicyclic) bond motifs is 1. The lowest BCUT2D eigenvalue weighted by Crippen LogP contribution is -2.35. The van der Waals surface area contributed by atoms with E-state index in [1.165, 1.54) is 5.56 Å². The summed E-state index contributed by atoms with van der Waals surface area (Å²) in [5, 5.41) is 8.34. The zero-order valence-corrected chi connectivity index (χ0v) is 16.6. The first-order chi connectivity index (χ1) is 14.3. The highest BCUT2D eigenvalue weighted by Crippen LogP contribution is 2.23. The molecule has 0 bridgehead atoms. The van der Waals surface area contributed by atoms with Gasteiger partial charge in [0.2, 0.25) is 0 Å². The summed E-state index contributed by atoms with van der Waals surface area (Å²) in [5.41, 5.74) is 4.31. The smallest absolute Gasteiger partial charge is 0.154 e. The van der Waals surface area contributed by atoms with Gasteiger partial charge < -0.3 is 14.8 Å². The largest absolute Gasteiger partial charge is 0.381 e. The number of hydrogen-bond donors (Lipinski definition) is 1. The summed E-state index contributed by atoms with van der Waals surface area (Å²) in [5.74, 6) is 0.882. The van der Waals surface area contributed by atoms with Gasteiger partial charge >= 0.3 is 0 Å². The molecular weight excluding hydrogens is 366 g/mol. The highest BCUT2D eigenvalue weighted by atomic mass is 16.5. The molecule has 0 radical (unpaired) electrons. The predicted octanol–water partition coefficient (Wildman–Crippen LogP) is 2.82. The molecule has 1 N–H and O–H groups in total. The number of nitrogens with one attached hydrogen (secondary N) is 1. The van der Waals surface area contributed by atoms with E-state index in [1.807, 2.05) is 22.8 Å². The van der Waals surface area contributed by atoms with Gasteiger partial charge in [-0.2, -0.15) is 0 Å². The van der Waals surface area contributed by atoms with E-state index in [0.29, 0.717) is 6.04 Å². The van der Waals surface area contributed by atoms with E-state index in [0.717, 1.165) is 81.6 Å². The number of hydrogen-bond acceptors (Lipinski definition) is 6. The highest BCUT2D eigenvalue weighted by molar-refractivity contribution is 5.64. The summed E-state index contributed by atoms with van der Waals surface area (Å²) < 4.78 is 12.8. The lowest BCUT2D eigenvalue weighted by Gasteiger charge is -2.26. The van der Waals surface area contributed by atoms with Crippen LogP contribution < -0.4 is 5.32 Å². The van der Waals surface area contributed by atoms with Crippen LogP contribution in [0.4, 0.5) is 5.82 Å². The fourth-order valence-electron chi connectivity index (χ4n) is 4.00. The fraction of sp³-hybridized carbons (Fsp3) is 0.455. The molecule has 1 aromatic carbocycles. The Kier molecular flexibility index (Phi) is 5.43. The van der Waals surface area contributed by atoms with E-state index in [9.17, 15) is 0 Å². The SMILES string of the molecule is c1cc(-c2cnc3ccc(NC4CCOCC4)nn23)ccc1CN1CCOCC1. The second-order valence-corrected chi connectivity index (χ2v) is 7.75. The van der Waals surface area contributed by atoms with Gasteiger partial charge in [0.05, 0.1) is 25.1 Å². The molecule has 0 spiro atoms. The molecule has 4 heterocycles. The third kappa shape index (κ3) is 4.27. The first-order valence-corrected chi connectivity index (χ1v) is 10.4. The predicted molar refractivity (Wildman–Crippen MR) is 112 cm³/mol.